The second-order valence-electron chi connectivity index (χ2n) is 7.18. The van der Waals surface area contributed by atoms with Gasteiger partial charge in [-0.2, -0.15) is 0 Å². The number of hydrogen-bond donors (Lipinski definition) is 4. The first-order chi connectivity index (χ1) is 12.9. The van der Waals surface area contributed by atoms with Crippen LogP contribution in [-0.4, -0.2) is 21.2 Å². The summed E-state index contributed by atoms with van der Waals surface area (Å²) in [5, 5.41) is 31.8. The minimum Gasteiger partial charge on any atom is -0.504 e. The number of rotatable bonds is 2. The molecule has 1 aliphatic carbocycles. The lowest BCUT2D eigenvalue weighted by atomic mass is 9.72. The van der Waals surface area contributed by atoms with E-state index in [0.717, 1.165) is 24.8 Å². The van der Waals surface area contributed by atoms with E-state index in [9.17, 15) is 20.1 Å². The molecule has 1 heterocycles. The van der Waals surface area contributed by atoms with Crippen LogP contribution in [0.25, 0.3) is 12.2 Å². The lowest BCUT2D eigenvalue weighted by Gasteiger charge is -2.34. The Morgan fingerprint density at radius 1 is 1.04 bits per heavy atom. The second kappa shape index (κ2) is 6.23. The average molecular weight is 367 g/mol. The highest BCUT2D eigenvalue weighted by molar-refractivity contribution is 5.85. The normalized spacial score (nSPS) is 21.1. The minimum absolute atomic E-state index is 0.0622. The van der Waals surface area contributed by atoms with E-state index in [0.29, 0.717) is 22.4 Å². The summed E-state index contributed by atoms with van der Waals surface area (Å²) in [6, 6.07) is 6.53. The minimum atomic E-state index is -0.407. The fraction of sp³-hybridized carbons (Fsp3) is 0.286. The lowest BCUT2D eigenvalue weighted by Crippen LogP contribution is -2.36. The third kappa shape index (κ3) is 2.60. The van der Waals surface area contributed by atoms with E-state index < -0.39 is 5.75 Å². The fourth-order valence-corrected chi connectivity index (χ4v) is 4.27. The van der Waals surface area contributed by atoms with Gasteiger partial charge < -0.3 is 25.8 Å². The van der Waals surface area contributed by atoms with Gasteiger partial charge in [0.15, 0.2) is 23.0 Å². The van der Waals surface area contributed by atoms with Gasteiger partial charge in [-0.3, -0.25) is 4.79 Å². The molecule has 2 aromatic rings. The van der Waals surface area contributed by atoms with Crippen LogP contribution >= 0.6 is 0 Å². The molecule has 0 saturated heterocycles. The molecule has 27 heavy (non-hydrogen) atoms. The monoisotopic (exact) mass is 367 g/mol. The molecular weight excluding hydrogens is 346 g/mol. The third-order valence-electron chi connectivity index (χ3n) is 5.61. The second-order valence-corrected chi connectivity index (χ2v) is 7.18. The number of carbonyl (C=O) groups excluding carboxylic acids is 1. The Labute approximate surface area is 155 Å². The van der Waals surface area contributed by atoms with Crippen LogP contribution in [0.4, 0.5) is 0 Å². The van der Waals surface area contributed by atoms with Crippen LogP contribution in [0.2, 0.25) is 0 Å². The van der Waals surface area contributed by atoms with Crippen LogP contribution in [-0.2, 0) is 4.79 Å². The summed E-state index contributed by atoms with van der Waals surface area (Å²) in [5.41, 5.74) is 7.06. The zero-order valence-corrected chi connectivity index (χ0v) is 14.7. The number of hydrogen-bond acceptors (Lipinski definition) is 5. The van der Waals surface area contributed by atoms with E-state index in [1.807, 2.05) is 0 Å². The number of benzene rings is 2. The first-order valence-corrected chi connectivity index (χ1v) is 8.97. The molecule has 1 aliphatic heterocycles. The summed E-state index contributed by atoms with van der Waals surface area (Å²) in [5.74, 6) is -1.51. The van der Waals surface area contributed by atoms with Gasteiger partial charge in [-0.05, 0) is 36.5 Å². The zero-order chi connectivity index (χ0) is 19.3. The van der Waals surface area contributed by atoms with Crippen LogP contribution < -0.4 is 20.9 Å². The van der Waals surface area contributed by atoms with Gasteiger partial charge in [0.1, 0.15) is 0 Å². The molecule has 2 aliphatic rings. The summed E-state index contributed by atoms with van der Waals surface area (Å²) < 4.78 is 5.78. The molecule has 0 bridgehead atoms. The Bertz CT molecular complexity index is 1060. The van der Waals surface area contributed by atoms with E-state index in [2.05, 4.69) is 6.58 Å². The molecule has 0 spiro atoms. The van der Waals surface area contributed by atoms with Crippen LogP contribution in [0.3, 0.4) is 0 Å². The number of phenolic OH excluding ortho intramolecular Hbond substituents is 3. The van der Waals surface area contributed by atoms with Crippen LogP contribution in [0.15, 0.2) is 24.3 Å². The Hall–Kier alpha value is -3.15. The van der Waals surface area contributed by atoms with Gasteiger partial charge in [-0.1, -0.05) is 31.6 Å². The van der Waals surface area contributed by atoms with Gasteiger partial charge in [0, 0.05) is 21.9 Å². The van der Waals surface area contributed by atoms with Gasteiger partial charge >= 0.3 is 0 Å². The number of nitrogens with two attached hydrogens (primary N) is 1. The SMILES string of the molecule is C=c1ccc2c(c1O)Oc1c(ccc(O)c1O)C=2C1CCCCC1C(N)=O. The molecule has 4 rings (SSSR count). The van der Waals surface area contributed by atoms with Crippen molar-refractivity contribution in [3.05, 3.63) is 40.3 Å². The molecule has 0 radical (unpaired) electrons. The van der Waals surface area contributed by atoms with Gasteiger partial charge in [0.25, 0.3) is 0 Å². The number of phenols is 3. The summed E-state index contributed by atoms with van der Waals surface area (Å²) >= 11 is 0. The largest absolute Gasteiger partial charge is 0.504 e. The summed E-state index contributed by atoms with van der Waals surface area (Å²) in [6.07, 6.45) is 3.33. The average Bonchev–Trinajstić information content (AvgIpc) is 2.66. The smallest absolute Gasteiger partial charge is 0.221 e. The van der Waals surface area contributed by atoms with E-state index in [1.165, 1.54) is 6.07 Å². The molecule has 2 atom stereocenters. The first-order valence-electron chi connectivity index (χ1n) is 8.97. The molecule has 1 fully saturated rings. The number of amides is 1. The van der Waals surface area contributed by atoms with Crippen molar-refractivity contribution in [3.63, 3.8) is 0 Å². The van der Waals surface area contributed by atoms with Gasteiger partial charge in [0.05, 0.1) is 0 Å². The van der Waals surface area contributed by atoms with Crippen molar-refractivity contribution >= 4 is 18.1 Å². The highest BCUT2D eigenvalue weighted by Crippen LogP contribution is 2.50. The van der Waals surface area contributed by atoms with Crippen molar-refractivity contribution in [2.24, 2.45) is 17.6 Å². The topological polar surface area (TPSA) is 113 Å². The maximum absolute atomic E-state index is 12.1. The maximum atomic E-state index is 12.1. The van der Waals surface area contributed by atoms with Crippen molar-refractivity contribution in [2.45, 2.75) is 25.7 Å². The van der Waals surface area contributed by atoms with Crippen LogP contribution in [0.5, 0.6) is 28.7 Å². The van der Waals surface area contributed by atoms with E-state index in [-0.39, 0.29) is 40.7 Å². The first kappa shape index (κ1) is 17.3. The predicted octanol–water partition coefficient (Wildman–Crippen LogP) is 1.81. The molecule has 2 aromatic carbocycles. The number of carbonyl (C=O) groups is 1. The molecular formula is C21H21NO5. The summed E-state index contributed by atoms with van der Waals surface area (Å²) in [7, 11) is 0. The van der Waals surface area contributed by atoms with E-state index in [4.69, 9.17) is 10.5 Å². The number of aromatic hydroxyl groups is 3. The molecule has 6 heteroatoms. The lowest BCUT2D eigenvalue weighted by molar-refractivity contribution is -0.123. The standard InChI is InChI=1S/C21H21NO5/c1-10-6-7-13-16(11-4-2-3-5-12(11)21(22)26)14-8-9-15(23)18(25)20(14)27-19(13)17(10)24/h6-9,11-12,23-25H,1-5H2,(H2,22,26). The summed E-state index contributed by atoms with van der Waals surface area (Å²) in [6.45, 7) is 3.78. The van der Waals surface area contributed by atoms with Crippen molar-refractivity contribution in [1.82, 2.24) is 0 Å². The van der Waals surface area contributed by atoms with Crippen molar-refractivity contribution in [1.29, 1.82) is 0 Å². The summed E-state index contributed by atoms with van der Waals surface area (Å²) in [4.78, 5) is 12.1. The Morgan fingerprint density at radius 3 is 2.52 bits per heavy atom. The number of ether oxygens (including phenoxy) is 1. The Morgan fingerprint density at radius 2 is 1.78 bits per heavy atom. The molecule has 5 N–H and O–H groups in total. The molecule has 6 nitrogen and oxygen atoms in total. The van der Waals surface area contributed by atoms with Gasteiger partial charge in [-0.25, -0.2) is 0 Å². The molecule has 2 unspecified atom stereocenters. The number of primary amides is 1. The van der Waals surface area contributed by atoms with Gasteiger partial charge in [-0.15, -0.1) is 0 Å². The van der Waals surface area contributed by atoms with Crippen molar-refractivity contribution < 1.29 is 24.9 Å². The fourth-order valence-electron chi connectivity index (χ4n) is 4.27. The number of fused-ring (bicyclic) bond motifs is 2. The molecule has 1 saturated carbocycles. The van der Waals surface area contributed by atoms with E-state index in [1.54, 1.807) is 18.2 Å². The van der Waals surface area contributed by atoms with Crippen LogP contribution in [0, 0.1) is 11.8 Å². The van der Waals surface area contributed by atoms with Gasteiger partial charge in [0.2, 0.25) is 11.7 Å². The van der Waals surface area contributed by atoms with E-state index >= 15 is 0 Å². The molecule has 1 amide bonds. The molecule has 140 valence electrons. The highest BCUT2D eigenvalue weighted by Gasteiger charge is 2.37. The zero-order valence-electron chi connectivity index (χ0n) is 14.7. The highest BCUT2D eigenvalue weighted by atomic mass is 16.5. The molecule has 0 aromatic heterocycles. The van der Waals surface area contributed by atoms with Crippen molar-refractivity contribution in [2.75, 3.05) is 0 Å². The Balaban J connectivity index is 2.07. The van der Waals surface area contributed by atoms with Crippen LogP contribution in [0.1, 0.15) is 31.2 Å². The Kier molecular flexibility index (Phi) is 3.98. The van der Waals surface area contributed by atoms with Crippen molar-refractivity contribution in [3.8, 4) is 28.7 Å². The quantitative estimate of drug-likeness (QED) is 0.605. The third-order valence-corrected chi connectivity index (χ3v) is 5.61. The predicted molar refractivity (Wildman–Crippen MR) is 99.9 cm³/mol. The maximum Gasteiger partial charge on any atom is 0.221 e.